The maximum atomic E-state index is 12.3. The normalized spacial score (nSPS) is 30.4. The molecule has 3 heteroatoms. The van der Waals surface area contributed by atoms with Crippen LogP contribution in [0.1, 0.15) is 52.4 Å². The van der Waals surface area contributed by atoms with E-state index in [4.69, 9.17) is 0 Å². The molecule has 2 fully saturated rings. The van der Waals surface area contributed by atoms with Crippen molar-refractivity contribution in [2.45, 2.75) is 58.4 Å². The van der Waals surface area contributed by atoms with E-state index < -0.39 is 0 Å². The summed E-state index contributed by atoms with van der Waals surface area (Å²) < 4.78 is 0. The standard InChI is InChI=1S/C15H28N2O/c1-3-13-6-9-17(10-7-13)15(18)11-14-12(2)5-4-8-16-14/h12-14,16H,3-11H2,1-2H3. The number of likely N-dealkylation sites (tertiary alicyclic amines) is 1. The maximum absolute atomic E-state index is 12.3. The number of hydrogen-bond acceptors (Lipinski definition) is 2. The smallest absolute Gasteiger partial charge is 0.224 e. The summed E-state index contributed by atoms with van der Waals surface area (Å²) in [6.45, 7) is 7.58. The van der Waals surface area contributed by atoms with Crippen LogP contribution in [0.3, 0.4) is 0 Å². The molecule has 0 spiro atoms. The van der Waals surface area contributed by atoms with Gasteiger partial charge in [0.25, 0.3) is 0 Å². The van der Waals surface area contributed by atoms with Crippen molar-refractivity contribution in [3.8, 4) is 0 Å². The molecule has 1 amide bonds. The lowest BCUT2D eigenvalue weighted by molar-refractivity contribution is -0.133. The van der Waals surface area contributed by atoms with Crippen LogP contribution in [0.4, 0.5) is 0 Å². The first-order chi connectivity index (χ1) is 8.70. The van der Waals surface area contributed by atoms with Crippen molar-refractivity contribution in [1.82, 2.24) is 10.2 Å². The Kier molecular flexibility index (Phi) is 5.04. The van der Waals surface area contributed by atoms with Crippen LogP contribution in [0.25, 0.3) is 0 Å². The van der Waals surface area contributed by atoms with Gasteiger partial charge in [-0.3, -0.25) is 4.79 Å². The lowest BCUT2D eigenvalue weighted by Crippen LogP contribution is -2.46. The second-order valence-corrected chi connectivity index (χ2v) is 6.12. The minimum Gasteiger partial charge on any atom is -0.343 e. The molecule has 0 bridgehead atoms. The summed E-state index contributed by atoms with van der Waals surface area (Å²) in [4.78, 5) is 14.4. The van der Waals surface area contributed by atoms with E-state index in [0.717, 1.165) is 25.6 Å². The second kappa shape index (κ2) is 6.55. The van der Waals surface area contributed by atoms with Gasteiger partial charge in [0.05, 0.1) is 0 Å². The zero-order valence-electron chi connectivity index (χ0n) is 12.0. The van der Waals surface area contributed by atoms with Gasteiger partial charge in [-0.15, -0.1) is 0 Å². The molecular formula is C15H28N2O. The summed E-state index contributed by atoms with van der Waals surface area (Å²) in [5, 5.41) is 3.51. The minimum absolute atomic E-state index is 0.371. The topological polar surface area (TPSA) is 32.3 Å². The lowest BCUT2D eigenvalue weighted by atomic mass is 9.89. The molecule has 2 unspecified atom stereocenters. The van der Waals surface area contributed by atoms with E-state index in [1.807, 2.05) is 0 Å². The first-order valence-electron chi connectivity index (χ1n) is 7.72. The zero-order chi connectivity index (χ0) is 13.0. The molecule has 2 atom stereocenters. The Bertz CT molecular complexity index is 272. The van der Waals surface area contributed by atoms with Crippen LogP contribution in [0.5, 0.6) is 0 Å². The molecule has 18 heavy (non-hydrogen) atoms. The van der Waals surface area contributed by atoms with Crippen LogP contribution in [0, 0.1) is 11.8 Å². The number of carbonyl (C=O) groups excluding carboxylic acids is 1. The maximum Gasteiger partial charge on any atom is 0.224 e. The Morgan fingerprint density at radius 3 is 2.61 bits per heavy atom. The van der Waals surface area contributed by atoms with Gasteiger partial charge >= 0.3 is 0 Å². The van der Waals surface area contributed by atoms with Crippen molar-refractivity contribution in [2.75, 3.05) is 19.6 Å². The van der Waals surface area contributed by atoms with E-state index in [2.05, 4.69) is 24.1 Å². The number of rotatable bonds is 3. The van der Waals surface area contributed by atoms with E-state index in [1.54, 1.807) is 0 Å². The Balaban J connectivity index is 1.77. The number of piperidine rings is 2. The van der Waals surface area contributed by atoms with Gasteiger partial charge in [-0.05, 0) is 44.1 Å². The summed E-state index contributed by atoms with van der Waals surface area (Å²) >= 11 is 0. The highest BCUT2D eigenvalue weighted by Crippen LogP contribution is 2.23. The van der Waals surface area contributed by atoms with E-state index in [9.17, 15) is 4.79 Å². The molecule has 0 radical (unpaired) electrons. The van der Waals surface area contributed by atoms with Gasteiger partial charge in [0.15, 0.2) is 0 Å². The summed E-state index contributed by atoms with van der Waals surface area (Å²) in [6, 6.07) is 0.412. The van der Waals surface area contributed by atoms with Crippen LogP contribution in [-0.2, 0) is 4.79 Å². The third kappa shape index (κ3) is 3.47. The largest absolute Gasteiger partial charge is 0.343 e. The highest BCUT2D eigenvalue weighted by Gasteiger charge is 2.27. The first kappa shape index (κ1) is 13.9. The molecule has 2 saturated heterocycles. The second-order valence-electron chi connectivity index (χ2n) is 6.12. The molecule has 2 heterocycles. The molecule has 2 aliphatic rings. The van der Waals surface area contributed by atoms with Crippen molar-refractivity contribution >= 4 is 5.91 Å². The van der Waals surface area contributed by atoms with E-state index in [1.165, 1.54) is 32.1 Å². The number of amides is 1. The molecule has 0 aromatic heterocycles. The Labute approximate surface area is 111 Å². The van der Waals surface area contributed by atoms with Gasteiger partial charge in [-0.25, -0.2) is 0 Å². The molecule has 104 valence electrons. The summed E-state index contributed by atoms with van der Waals surface area (Å²) in [6.07, 6.45) is 6.91. The van der Waals surface area contributed by atoms with Gasteiger partial charge in [0.2, 0.25) is 5.91 Å². The third-order valence-corrected chi connectivity index (χ3v) is 4.87. The quantitative estimate of drug-likeness (QED) is 0.836. The van der Waals surface area contributed by atoms with Crippen LogP contribution in [0.15, 0.2) is 0 Å². The van der Waals surface area contributed by atoms with Crippen LogP contribution >= 0.6 is 0 Å². The predicted octanol–water partition coefficient (Wildman–Crippen LogP) is 2.41. The van der Waals surface area contributed by atoms with Crippen LogP contribution in [-0.4, -0.2) is 36.5 Å². The average Bonchev–Trinajstić information content (AvgIpc) is 2.41. The first-order valence-corrected chi connectivity index (χ1v) is 7.72. The third-order valence-electron chi connectivity index (χ3n) is 4.87. The molecule has 3 nitrogen and oxygen atoms in total. The molecule has 2 aliphatic heterocycles. The minimum atomic E-state index is 0.371. The van der Waals surface area contributed by atoms with Crippen molar-refractivity contribution in [2.24, 2.45) is 11.8 Å². The van der Waals surface area contributed by atoms with Crippen molar-refractivity contribution in [3.05, 3.63) is 0 Å². The Hall–Kier alpha value is -0.570. The molecule has 1 N–H and O–H groups in total. The van der Waals surface area contributed by atoms with Crippen LogP contribution in [0.2, 0.25) is 0 Å². The Morgan fingerprint density at radius 2 is 2.00 bits per heavy atom. The summed E-state index contributed by atoms with van der Waals surface area (Å²) in [5.41, 5.74) is 0. The van der Waals surface area contributed by atoms with E-state index >= 15 is 0 Å². The van der Waals surface area contributed by atoms with Crippen molar-refractivity contribution in [1.29, 1.82) is 0 Å². The SMILES string of the molecule is CCC1CCN(C(=O)CC2NCCCC2C)CC1. The number of hydrogen-bond donors (Lipinski definition) is 1. The number of carbonyl (C=O) groups is 1. The Morgan fingerprint density at radius 1 is 1.28 bits per heavy atom. The van der Waals surface area contributed by atoms with Gasteiger partial charge in [-0.2, -0.15) is 0 Å². The number of nitrogens with one attached hydrogen (secondary N) is 1. The van der Waals surface area contributed by atoms with Gasteiger partial charge in [0, 0.05) is 25.6 Å². The fraction of sp³-hybridized carbons (Fsp3) is 0.933. The van der Waals surface area contributed by atoms with Gasteiger partial charge in [-0.1, -0.05) is 20.3 Å². The van der Waals surface area contributed by atoms with Gasteiger partial charge in [0.1, 0.15) is 0 Å². The predicted molar refractivity (Wildman–Crippen MR) is 74.4 cm³/mol. The highest BCUT2D eigenvalue weighted by atomic mass is 16.2. The fourth-order valence-electron chi connectivity index (χ4n) is 3.30. The summed E-state index contributed by atoms with van der Waals surface area (Å²) in [7, 11) is 0. The van der Waals surface area contributed by atoms with Crippen LogP contribution < -0.4 is 5.32 Å². The number of nitrogens with zero attached hydrogens (tertiary/aromatic N) is 1. The van der Waals surface area contributed by atoms with Crippen molar-refractivity contribution < 1.29 is 4.79 Å². The fourth-order valence-corrected chi connectivity index (χ4v) is 3.30. The van der Waals surface area contributed by atoms with E-state index in [-0.39, 0.29) is 0 Å². The monoisotopic (exact) mass is 252 g/mol. The average molecular weight is 252 g/mol. The van der Waals surface area contributed by atoms with E-state index in [0.29, 0.717) is 24.3 Å². The zero-order valence-corrected chi connectivity index (χ0v) is 12.0. The molecule has 0 aliphatic carbocycles. The molecule has 0 aromatic carbocycles. The molecular weight excluding hydrogens is 224 g/mol. The molecule has 2 rings (SSSR count). The van der Waals surface area contributed by atoms with Gasteiger partial charge < -0.3 is 10.2 Å². The molecule has 0 aromatic rings. The summed E-state index contributed by atoms with van der Waals surface area (Å²) in [5.74, 6) is 1.87. The van der Waals surface area contributed by atoms with Crippen molar-refractivity contribution in [3.63, 3.8) is 0 Å². The molecule has 0 saturated carbocycles. The lowest BCUT2D eigenvalue weighted by Gasteiger charge is -2.35. The highest BCUT2D eigenvalue weighted by molar-refractivity contribution is 5.77.